The number of rotatable bonds is 10. The molecule has 1 atom stereocenters. The molecule has 1 aliphatic carbocycles. The Labute approximate surface area is 202 Å². The van der Waals surface area contributed by atoms with Crippen molar-refractivity contribution >= 4 is 12.1 Å². The molecule has 2 aliphatic rings. The highest BCUT2D eigenvalue weighted by Crippen LogP contribution is 2.38. The van der Waals surface area contributed by atoms with Crippen LogP contribution >= 0.6 is 0 Å². The predicted octanol–water partition coefficient (Wildman–Crippen LogP) is 4.90. The number of nitrogens with zero attached hydrogens (tertiary/aromatic N) is 1. The van der Waals surface area contributed by atoms with E-state index in [0.29, 0.717) is 36.8 Å². The van der Waals surface area contributed by atoms with Crippen molar-refractivity contribution in [2.45, 2.75) is 82.8 Å². The van der Waals surface area contributed by atoms with E-state index in [9.17, 15) is 9.59 Å². The molecule has 190 valence electrons. The third-order valence-corrected chi connectivity index (χ3v) is 6.66. The molecule has 3 rings (SSSR count). The summed E-state index contributed by atoms with van der Waals surface area (Å²) < 4.78 is 27.4. The molecule has 1 aliphatic heterocycles. The predicted molar refractivity (Wildman–Crippen MR) is 128 cm³/mol. The highest BCUT2D eigenvalue weighted by molar-refractivity contribution is 5.81. The Kier molecular flexibility index (Phi) is 10.2. The van der Waals surface area contributed by atoms with E-state index in [4.69, 9.17) is 23.7 Å². The molecule has 0 bridgehead atoms. The number of carbonyl (C=O) groups is 2. The lowest BCUT2D eigenvalue weighted by atomic mass is 9.98. The van der Waals surface area contributed by atoms with Crippen molar-refractivity contribution in [3.05, 3.63) is 17.7 Å². The second-order valence-electron chi connectivity index (χ2n) is 9.01. The zero-order valence-electron chi connectivity index (χ0n) is 20.8. The van der Waals surface area contributed by atoms with Crippen molar-refractivity contribution in [1.82, 2.24) is 4.90 Å². The molecular formula is C26H39NO7. The number of carbonyl (C=O) groups excluding carboxylic acids is 2. The fourth-order valence-corrected chi connectivity index (χ4v) is 4.77. The van der Waals surface area contributed by atoms with E-state index in [2.05, 4.69) is 0 Å². The molecule has 1 saturated heterocycles. The Morgan fingerprint density at radius 3 is 2.21 bits per heavy atom. The molecule has 8 nitrogen and oxygen atoms in total. The minimum atomic E-state index is -0.542. The van der Waals surface area contributed by atoms with Crippen molar-refractivity contribution in [3.63, 3.8) is 0 Å². The molecule has 0 aromatic heterocycles. The molecule has 0 N–H and O–H groups in total. The molecule has 1 unspecified atom stereocenters. The molecule has 0 radical (unpaired) electrons. The standard InChI is InChI=1S/C26H39NO7/c1-30-22-17-19(18-23(31-2)24(22)32-3)11-8-10-16-33-25(28)21-14-7-9-15-27(21)26(29)34-20-12-5-4-6-13-20/h17-18,20-21H,4-16H2,1-3H3. The minimum absolute atomic E-state index is 0.0185. The van der Waals surface area contributed by atoms with Crippen LogP contribution in [0.5, 0.6) is 17.2 Å². The Balaban J connectivity index is 1.45. The monoisotopic (exact) mass is 477 g/mol. The lowest BCUT2D eigenvalue weighted by Gasteiger charge is -2.34. The van der Waals surface area contributed by atoms with E-state index < -0.39 is 6.04 Å². The second kappa shape index (κ2) is 13.3. The minimum Gasteiger partial charge on any atom is -0.493 e. The molecule has 1 saturated carbocycles. The van der Waals surface area contributed by atoms with E-state index >= 15 is 0 Å². The molecule has 1 aromatic carbocycles. The van der Waals surface area contributed by atoms with Gasteiger partial charge in [0.05, 0.1) is 27.9 Å². The van der Waals surface area contributed by atoms with Crippen LogP contribution in [0.25, 0.3) is 0 Å². The van der Waals surface area contributed by atoms with Gasteiger partial charge in [0.2, 0.25) is 5.75 Å². The van der Waals surface area contributed by atoms with Gasteiger partial charge in [0.1, 0.15) is 12.1 Å². The van der Waals surface area contributed by atoms with Gasteiger partial charge < -0.3 is 23.7 Å². The average Bonchev–Trinajstić information content (AvgIpc) is 2.88. The molecule has 8 heteroatoms. The number of methoxy groups -OCH3 is 3. The van der Waals surface area contributed by atoms with Crippen LogP contribution in [-0.4, -0.2) is 63.6 Å². The number of amides is 1. The summed E-state index contributed by atoms with van der Waals surface area (Å²) in [5.74, 6) is 1.50. The number of aryl methyl sites for hydroxylation is 1. The van der Waals surface area contributed by atoms with Crippen molar-refractivity contribution < 1.29 is 33.3 Å². The Morgan fingerprint density at radius 1 is 0.882 bits per heavy atom. The summed E-state index contributed by atoms with van der Waals surface area (Å²) in [6.07, 6.45) is 9.62. The SMILES string of the molecule is COc1cc(CCCCOC(=O)C2CCCCN2C(=O)OC2CCCCC2)cc(OC)c1OC. The lowest BCUT2D eigenvalue weighted by Crippen LogP contribution is -2.49. The van der Waals surface area contributed by atoms with Crippen LogP contribution in [0.2, 0.25) is 0 Å². The van der Waals surface area contributed by atoms with E-state index in [1.165, 1.54) is 6.42 Å². The van der Waals surface area contributed by atoms with Crippen LogP contribution in [0.4, 0.5) is 4.79 Å². The van der Waals surface area contributed by atoms with Gasteiger partial charge in [-0.2, -0.15) is 0 Å². The summed E-state index contributed by atoms with van der Waals surface area (Å²) in [5.41, 5.74) is 1.06. The maximum absolute atomic E-state index is 12.8. The number of ether oxygens (including phenoxy) is 5. The van der Waals surface area contributed by atoms with Gasteiger partial charge in [-0.3, -0.25) is 4.90 Å². The number of benzene rings is 1. The number of unbranched alkanes of at least 4 members (excludes halogenated alkanes) is 1. The van der Waals surface area contributed by atoms with Gasteiger partial charge in [-0.1, -0.05) is 6.42 Å². The number of likely N-dealkylation sites (tertiary alicyclic amines) is 1. The van der Waals surface area contributed by atoms with Gasteiger partial charge in [0, 0.05) is 6.54 Å². The molecule has 34 heavy (non-hydrogen) atoms. The lowest BCUT2D eigenvalue weighted by molar-refractivity contribution is -0.151. The zero-order valence-corrected chi connectivity index (χ0v) is 20.8. The van der Waals surface area contributed by atoms with Crippen molar-refractivity contribution in [3.8, 4) is 17.2 Å². The first-order valence-electron chi connectivity index (χ1n) is 12.5. The van der Waals surface area contributed by atoms with Crippen LogP contribution in [0.15, 0.2) is 12.1 Å². The third-order valence-electron chi connectivity index (χ3n) is 6.66. The number of hydrogen-bond acceptors (Lipinski definition) is 7. The Hall–Kier alpha value is -2.64. The highest BCUT2D eigenvalue weighted by atomic mass is 16.6. The quantitative estimate of drug-likeness (QED) is 0.350. The Morgan fingerprint density at radius 2 is 1.56 bits per heavy atom. The molecule has 1 heterocycles. The normalized spacial score (nSPS) is 18.8. The largest absolute Gasteiger partial charge is 0.493 e. The number of piperidine rings is 1. The van der Waals surface area contributed by atoms with Gasteiger partial charge >= 0.3 is 12.1 Å². The van der Waals surface area contributed by atoms with E-state index in [-0.39, 0.29) is 18.2 Å². The van der Waals surface area contributed by atoms with Crippen LogP contribution in [0.1, 0.15) is 69.8 Å². The van der Waals surface area contributed by atoms with Gasteiger partial charge in [0.15, 0.2) is 11.5 Å². The maximum atomic E-state index is 12.8. The van der Waals surface area contributed by atoms with Gasteiger partial charge in [-0.25, -0.2) is 9.59 Å². The van der Waals surface area contributed by atoms with Crippen LogP contribution in [-0.2, 0) is 20.7 Å². The molecule has 1 aromatic rings. The summed E-state index contributed by atoms with van der Waals surface area (Å²) in [7, 11) is 4.78. The average molecular weight is 478 g/mol. The van der Waals surface area contributed by atoms with Crippen molar-refractivity contribution in [2.24, 2.45) is 0 Å². The summed E-state index contributed by atoms with van der Waals surface area (Å²) >= 11 is 0. The van der Waals surface area contributed by atoms with Gasteiger partial charge in [-0.05, 0) is 81.9 Å². The van der Waals surface area contributed by atoms with E-state index in [1.54, 1.807) is 26.2 Å². The molecule has 2 fully saturated rings. The molecule has 1 amide bonds. The molecule has 0 spiro atoms. The van der Waals surface area contributed by atoms with Gasteiger partial charge in [-0.15, -0.1) is 0 Å². The molecular weight excluding hydrogens is 438 g/mol. The summed E-state index contributed by atoms with van der Waals surface area (Å²) in [5, 5.41) is 0. The zero-order chi connectivity index (χ0) is 24.3. The number of esters is 1. The van der Waals surface area contributed by atoms with E-state index in [0.717, 1.165) is 63.4 Å². The topological polar surface area (TPSA) is 83.5 Å². The van der Waals surface area contributed by atoms with Crippen LogP contribution in [0, 0.1) is 0 Å². The fourth-order valence-electron chi connectivity index (χ4n) is 4.77. The summed E-state index contributed by atoms with van der Waals surface area (Å²) in [6.45, 7) is 0.873. The fraction of sp³-hybridized carbons (Fsp3) is 0.692. The highest BCUT2D eigenvalue weighted by Gasteiger charge is 2.35. The van der Waals surface area contributed by atoms with Gasteiger partial charge in [0.25, 0.3) is 0 Å². The summed E-state index contributed by atoms with van der Waals surface area (Å²) in [6, 6.07) is 3.33. The third kappa shape index (κ3) is 6.93. The van der Waals surface area contributed by atoms with Crippen LogP contribution < -0.4 is 14.2 Å². The van der Waals surface area contributed by atoms with Crippen molar-refractivity contribution in [1.29, 1.82) is 0 Å². The first kappa shape index (κ1) is 26.0. The van der Waals surface area contributed by atoms with Crippen LogP contribution in [0.3, 0.4) is 0 Å². The Bertz CT molecular complexity index is 781. The second-order valence-corrected chi connectivity index (χ2v) is 9.01. The van der Waals surface area contributed by atoms with Crippen molar-refractivity contribution in [2.75, 3.05) is 34.5 Å². The maximum Gasteiger partial charge on any atom is 0.410 e. The van der Waals surface area contributed by atoms with E-state index in [1.807, 2.05) is 12.1 Å². The first-order chi connectivity index (χ1) is 16.6. The number of hydrogen-bond donors (Lipinski definition) is 0. The summed E-state index contributed by atoms with van der Waals surface area (Å²) in [4.78, 5) is 27.1. The first-order valence-corrected chi connectivity index (χ1v) is 12.5. The smallest absolute Gasteiger partial charge is 0.410 e.